The smallest absolute Gasteiger partial charge is 0.164 e. The molecule has 7 aromatic carbocycles. The van der Waals surface area contributed by atoms with E-state index >= 15 is 0 Å². The Kier molecular flexibility index (Phi) is 6.82. The number of aromatic nitrogens is 4. The van der Waals surface area contributed by atoms with E-state index in [2.05, 4.69) is 121 Å². The molecule has 0 spiro atoms. The van der Waals surface area contributed by atoms with Crippen LogP contribution in [-0.2, 0) is 0 Å². The minimum atomic E-state index is 0.645. The lowest BCUT2D eigenvalue weighted by atomic mass is 10.0. The fourth-order valence-corrected chi connectivity index (χ4v) is 8.87. The van der Waals surface area contributed by atoms with Crippen molar-refractivity contribution in [3.05, 3.63) is 158 Å². The van der Waals surface area contributed by atoms with Crippen LogP contribution in [-0.4, -0.2) is 19.9 Å². The van der Waals surface area contributed by atoms with Crippen molar-refractivity contribution < 1.29 is 0 Å². The van der Waals surface area contributed by atoms with Gasteiger partial charge in [-0.15, -0.1) is 22.7 Å². The van der Waals surface area contributed by atoms with E-state index in [4.69, 9.17) is 19.9 Å². The quantitative estimate of drug-likeness (QED) is 0.182. The van der Waals surface area contributed by atoms with E-state index in [0.29, 0.717) is 17.5 Å². The molecule has 0 amide bonds. The standard InChI is InChI=1S/C44H26N4S2/c1-3-10-27(11-4-1)29-18-21-31(22-19-29)42-46-41(30-13-5-2-6-14-30)47-43(48-42)34-16-9-17-37-40(34)35-25-36-39(26-38(35)49-37)50-44(45-36)33-23-20-28-12-7-8-15-32(28)24-33/h1-26H. The highest BCUT2D eigenvalue weighted by Crippen LogP contribution is 2.43. The molecule has 10 rings (SSSR count). The monoisotopic (exact) mass is 674 g/mol. The van der Waals surface area contributed by atoms with Gasteiger partial charge in [-0.2, -0.15) is 0 Å². The molecule has 4 nitrogen and oxygen atoms in total. The van der Waals surface area contributed by atoms with Gasteiger partial charge in [0, 0.05) is 42.4 Å². The molecule has 0 aliphatic carbocycles. The summed E-state index contributed by atoms with van der Waals surface area (Å²) in [6.07, 6.45) is 0. The van der Waals surface area contributed by atoms with Crippen LogP contribution in [0.2, 0.25) is 0 Å². The molecule has 3 heterocycles. The highest BCUT2D eigenvalue weighted by molar-refractivity contribution is 7.26. The molecule has 0 saturated carbocycles. The average molecular weight is 675 g/mol. The van der Waals surface area contributed by atoms with Gasteiger partial charge in [-0.1, -0.05) is 133 Å². The van der Waals surface area contributed by atoms with Crippen LogP contribution in [0.25, 0.3) is 97.0 Å². The number of rotatable bonds is 5. The molecule has 234 valence electrons. The molecule has 0 aliphatic heterocycles. The maximum atomic E-state index is 5.15. The van der Waals surface area contributed by atoms with Gasteiger partial charge in [0.15, 0.2) is 17.5 Å². The third-order valence-corrected chi connectivity index (χ3v) is 11.3. The lowest BCUT2D eigenvalue weighted by molar-refractivity contribution is 1.08. The predicted molar refractivity (Wildman–Crippen MR) is 211 cm³/mol. The summed E-state index contributed by atoms with van der Waals surface area (Å²) in [6.45, 7) is 0. The van der Waals surface area contributed by atoms with Crippen molar-refractivity contribution in [1.82, 2.24) is 19.9 Å². The number of fused-ring (bicyclic) bond motifs is 5. The highest BCUT2D eigenvalue weighted by Gasteiger charge is 2.18. The van der Waals surface area contributed by atoms with Crippen LogP contribution >= 0.6 is 22.7 Å². The van der Waals surface area contributed by atoms with Gasteiger partial charge in [-0.3, -0.25) is 0 Å². The van der Waals surface area contributed by atoms with Crippen molar-refractivity contribution in [2.75, 3.05) is 0 Å². The first-order valence-corrected chi connectivity index (χ1v) is 18.1. The molecule has 0 radical (unpaired) electrons. The Morgan fingerprint density at radius 3 is 1.76 bits per heavy atom. The molecule has 0 fully saturated rings. The van der Waals surface area contributed by atoms with E-state index in [1.54, 1.807) is 22.7 Å². The molecular weight excluding hydrogens is 649 g/mol. The van der Waals surface area contributed by atoms with Gasteiger partial charge in [-0.05, 0) is 46.2 Å². The summed E-state index contributed by atoms with van der Waals surface area (Å²) in [4.78, 5) is 20.4. The molecule has 0 bridgehead atoms. The lowest BCUT2D eigenvalue weighted by Crippen LogP contribution is -2.00. The zero-order valence-corrected chi connectivity index (χ0v) is 28.2. The van der Waals surface area contributed by atoms with Crippen molar-refractivity contribution >= 4 is 63.8 Å². The number of benzene rings is 7. The molecule has 0 N–H and O–H groups in total. The van der Waals surface area contributed by atoms with E-state index in [0.717, 1.165) is 43.7 Å². The van der Waals surface area contributed by atoms with Crippen LogP contribution in [0, 0.1) is 0 Å². The van der Waals surface area contributed by atoms with Gasteiger partial charge >= 0.3 is 0 Å². The van der Waals surface area contributed by atoms with Crippen LogP contribution in [0.1, 0.15) is 0 Å². The van der Waals surface area contributed by atoms with Gasteiger partial charge in [0.2, 0.25) is 0 Å². The lowest BCUT2D eigenvalue weighted by Gasteiger charge is -2.10. The first-order valence-electron chi connectivity index (χ1n) is 16.5. The van der Waals surface area contributed by atoms with E-state index < -0.39 is 0 Å². The molecular formula is C44H26N4S2. The Hall–Kier alpha value is -6.08. The van der Waals surface area contributed by atoms with Gasteiger partial charge in [0.1, 0.15) is 5.01 Å². The summed E-state index contributed by atoms with van der Waals surface area (Å²) < 4.78 is 3.60. The number of hydrogen-bond acceptors (Lipinski definition) is 6. The summed E-state index contributed by atoms with van der Waals surface area (Å²) in [7, 11) is 0. The molecule has 10 aromatic rings. The fourth-order valence-electron chi connectivity index (χ4n) is 6.66. The second-order valence-corrected chi connectivity index (χ2v) is 14.4. The van der Waals surface area contributed by atoms with E-state index in [9.17, 15) is 0 Å². The van der Waals surface area contributed by atoms with Crippen LogP contribution in [0.5, 0.6) is 0 Å². The van der Waals surface area contributed by atoms with Gasteiger partial charge in [0.25, 0.3) is 0 Å². The predicted octanol–water partition coefficient (Wildman–Crippen LogP) is 12.3. The summed E-state index contributed by atoms with van der Waals surface area (Å²) in [6, 6.07) is 55.0. The average Bonchev–Trinajstić information content (AvgIpc) is 3.78. The Morgan fingerprint density at radius 1 is 0.360 bits per heavy atom. The maximum absolute atomic E-state index is 5.15. The molecule has 0 aliphatic rings. The number of hydrogen-bond donors (Lipinski definition) is 0. The van der Waals surface area contributed by atoms with Crippen molar-refractivity contribution in [3.8, 4) is 55.9 Å². The van der Waals surface area contributed by atoms with Crippen molar-refractivity contribution in [1.29, 1.82) is 0 Å². The van der Waals surface area contributed by atoms with Crippen molar-refractivity contribution in [3.63, 3.8) is 0 Å². The van der Waals surface area contributed by atoms with Crippen LogP contribution in [0.15, 0.2) is 158 Å². The fraction of sp³-hybridized carbons (Fsp3) is 0. The van der Waals surface area contributed by atoms with Gasteiger partial charge in [-0.25, -0.2) is 19.9 Å². The minimum Gasteiger partial charge on any atom is -0.236 e. The number of thiophene rings is 1. The van der Waals surface area contributed by atoms with Gasteiger partial charge in [0.05, 0.1) is 10.2 Å². The SMILES string of the molecule is c1ccc(-c2ccc(-c3nc(-c4ccccc4)nc(-c4cccc5sc6cc7sc(-c8ccc9ccccc9c8)nc7cc6c45)n3)cc2)cc1. The van der Waals surface area contributed by atoms with Crippen LogP contribution in [0.3, 0.4) is 0 Å². The van der Waals surface area contributed by atoms with Crippen LogP contribution < -0.4 is 0 Å². The summed E-state index contributed by atoms with van der Waals surface area (Å²) in [5, 5.41) is 5.79. The molecule has 0 unspecified atom stereocenters. The topological polar surface area (TPSA) is 51.6 Å². The number of nitrogens with zero attached hydrogens (tertiary/aromatic N) is 4. The molecule has 0 saturated heterocycles. The third-order valence-electron chi connectivity index (χ3n) is 9.16. The molecule has 3 aromatic heterocycles. The van der Waals surface area contributed by atoms with E-state index in [-0.39, 0.29) is 0 Å². The Labute approximate surface area is 296 Å². The summed E-state index contributed by atoms with van der Waals surface area (Å²) in [5.41, 5.74) is 7.35. The first kappa shape index (κ1) is 28.9. The summed E-state index contributed by atoms with van der Waals surface area (Å²) >= 11 is 3.55. The maximum Gasteiger partial charge on any atom is 0.164 e. The highest BCUT2D eigenvalue weighted by atomic mass is 32.1. The number of thiazole rings is 1. The zero-order chi connectivity index (χ0) is 33.0. The summed E-state index contributed by atoms with van der Waals surface area (Å²) in [5.74, 6) is 1.95. The largest absolute Gasteiger partial charge is 0.236 e. The second-order valence-electron chi connectivity index (χ2n) is 12.3. The molecule has 0 atom stereocenters. The first-order chi connectivity index (χ1) is 24.7. The van der Waals surface area contributed by atoms with E-state index in [1.807, 2.05) is 36.4 Å². The molecule has 50 heavy (non-hydrogen) atoms. The Bertz CT molecular complexity index is 2860. The van der Waals surface area contributed by atoms with E-state index in [1.165, 1.54) is 35.8 Å². The van der Waals surface area contributed by atoms with Gasteiger partial charge < -0.3 is 0 Å². The van der Waals surface area contributed by atoms with Crippen molar-refractivity contribution in [2.45, 2.75) is 0 Å². The van der Waals surface area contributed by atoms with Crippen molar-refractivity contribution in [2.24, 2.45) is 0 Å². The molecule has 6 heteroatoms. The van der Waals surface area contributed by atoms with Crippen LogP contribution in [0.4, 0.5) is 0 Å². The zero-order valence-electron chi connectivity index (χ0n) is 26.6. The minimum absolute atomic E-state index is 0.645. The third kappa shape index (κ3) is 5.05. The Balaban J connectivity index is 1.12. The normalized spacial score (nSPS) is 11.6. The Morgan fingerprint density at radius 2 is 0.980 bits per heavy atom. The second kappa shape index (κ2) is 11.8.